The highest BCUT2D eigenvalue weighted by Crippen LogP contribution is 2.22. The minimum atomic E-state index is -0.400. The fraction of sp³-hybridized carbons (Fsp3) is 0.267. The van der Waals surface area contributed by atoms with Crippen LogP contribution in [0, 0.1) is 0 Å². The molecule has 2 heterocycles. The van der Waals surface area contributed by atoms with Crippen molar-refractivity contribution in [1.82, 2.24) is 15.3 Å². The number of benzene rings is 1. The van der Waals surface area contributed by atoms with Gasteiger partial charge < -0.3 is 10.1 Å². The van der Waals surface area contributed by atoms with Gasteiger partial charge in [0.25, 0.3) is 0 Å². The largest absolute Gasteiger partial charge is 0.464 e. The number of methoxy groups -OCH3 is 1. The molecule has 1 aromatic carbocycles. The first-order valence-electron chi connectivity index (χ1n) is 6.54. The highest BCUT2D eigenvalue weighted by molar-refractivity contribution is 5.89. The maximum atomic E-state index is 11.9. The van der Waals surface area contributed by atoms with E-state index < -0.39 is 5.97 Å². The van der Waals surface area contributed by atoms with Crippen molar-refractivity contribution >= 4 is 5.97 Å². The molecule has 1 N–H and O–H groups in total. The lowest BCUT2D eigenvalue weighted by atomic mass is 10.0. The SMILES string of the molecule is COC(=O)c1nc(-c2ccccc2)nc2c1CCNC2. The average Bonchev–Trinajstić information content (AvgIpc) is 2.54. The second kappa shape index (κ2) is 5.38. The van der Waals surface area contributed by atoms with E-state index >= 15 is 0 Å². The molecule has 0 atom stereocenters. The third kappa shape index (κ3) is 2.28. The fourth-order valence-corrected chi connectivity index (χ4v) is 2.34. The number of fused-ring (bicyclic) bond motifs is 1. The zero-order valence-corrected chi connectivity index (χ0v) is 11.2. The van der Waals surface area contributed by atoms with E-state index in [2.05, 4.69) is 15.3 Å². The van der Waals surface area contributed by atoms with Crippen molar-refractivity contribution in [3.8, 4) is 11.4 Å². The van der Waals surface area contributed by atoms with Crippen LogP contribution in [0.4, 0.5) is 0 Å². The number of ether oxygens (including phenoxy) is 1. The van der Waals surface area contributed by atoms with E-state index in [1.807, 2.05) is 30.3 Å². The molecule has 0 bridgehead atoms. The third-order valence-electron chi connectivity index (χ3n) is 3.35. The summed E-state index contributed by atoms with van der Waals surface area (Å²) < 4.78 is 4.84. The Balaban J connectivity index is 2.15. The van der Waals surface area contributed by atoms with Crippen LogP contribution in [-0.2, 0) is 17.7 Å². The zero-order chi connectivity index (χ0) is 13.9. The van der Waals surface area contributed by atoms with Crippen molar-refractivity contribution in [3.63, 3.8) is 0 Å². The van der Waals surface area contributed by atoms with Crippen LogP contribution >= 0.6 is 0 Å². The van der Waals surface area contributed by atoms with Gasteiger partial charge in [0.1, 0.15) is 0 Å². The van der Waals surface area contributed by atoms with Gasteiger partial charge in [-0.25, -0.2) is 14.8 Å². The smallest absolute Gasteiger partial charge is 0.357 e. The van der Waals surface area contributed by atoms with Gasteiger partial charge in [0, 0.05) is 17.7 Å². The number of aromatic nitrogens is 2. The molecule has 0 amide bonds. The second-order valence-corrected chi connectivity index (χ2v) is 4.61. The molecule has 2 aromatic rings. The lowest BCUT2D eigenvalue weighted by Crippen LogP contribution is -2.28. The highest BCUT2D eigenvalue weighted by Gasteiger charge is 2.22. The summed E-state index contributed by atoms with van der Waals surface area (Å²) in [6, 6.07) is 9.64. The molecule has 3 rings (SSSR count). The summed E-state index contributed by atoms with van der Waals surface area (Å²) in [4.78, 5) is 20.9. The molecular weight excluding hydrogens is 254 g/mol. The Hall–Kier alpha value is -2.27. The van der Waals surface area contributed by atoms with Gasteiger partial charge in [0.05, 0.1) is 12.8 Å². The number of nitrogens with one attached hydrogen (secondary N) is 1. The van der Waals surface area contributed by atoms with Gasteiger partial charge >= 0.3 is 5.97 Å². The molecule has 1 aliphatic heterocycles. The Morgan fingerprint density at radius 3 is 2.80 bits per heavy atom. The number of hydrogen-bond acceptors (Lipinski definition) is 5. The van der Waals surface area contributed by atoms with Gasteiger partial charge in [-0.1, -0.05) is 30.3 Å². The molecule has 0 saturated heterocycles. The molecule has 102 valence electrons. The Kier molecular flexibility index (Phi) is 3.43. The Morgan fingerprint density at radius 1 is 1.25 bits per heavy atom. The van der Waals surface area contributed by atoms with E-state index in [0.717, 1.165) is 29.8 Å². The standard InChI is InChI=1S/C15H15N3O2/c1-20-15(19)13-11-7-8-16-9-12(11)17-14(18-13)10-5-3-2-4-6-10/h2-6,16H,7-9H2,1H3. The molecular formula is C15H15N3O2. The second-order valence-electron chi connectivity index (χ2n) is 4.61. The van der Waals surface area contributed by atoms with Crippen molar-refractivity contribution < 1.29 is 9.53 Å². The number of hydrogen-bond donors (Lipinski definition) is 1. The molecule has 0 saturated carbocycles. The number of esters is 1. The molecule has 5 heteroatoms. The van der Waals surface area contributed by atoms with E-state index in [9.17, 15) is 4.79 Å². The molecule has 0 spiro atoms. The number of rotatable bonds is 2. The van der Waals surface area contributed by atoms with Crippen LogP contribution in [0.1, 0.15) is 21.7 Å². The predicted molar refractivity (Wildman–Crippen MR) is 74.2 cm³/mol. The van der Waals surface area contributed by atoms with Crippen molar-refractivity contribution in [2.75, 3.05) is 13.7 Å². The van der Waals surface area contributed by atoms with Crippen LogP contribution in [0.3, 0.4) is 0 Å². The van der Waals surface area contributed by atoms with Crippen LogP contribution in [0.25, 0.3) is 11.4 Å². The number of carbonyl (C=O) groups is 1. The lowest BCUT2D eigenvalue weighted by Gasteiger charge is -2.19. The summed E-state index contributed by atoms with van der Waals surface area (Å²) in [5.74, 6) is 0.163. The van der Waals surface area contributed by atoms with E-state index in [1.54, 1.807) is 0 Å². The molecule has 20 heavy (non-hydrogen) atoms. The quantitative estimate of drug-likeness (QED) is 0.838. The first kappa shape index (κ1) is 12.7. The van der Waals surface area contributed by atoms with Crippen LogP contribution < -0.4 is 5.32 Å². The first-order chi connectivity index (χ1) is 9.79. The monoisotopic (exact) mass is 269 g/mol. The minimum absolute atomic E-state index is 0.387. The van der Waals surface area contributed by atoms with Crippen molar-refractivity contribution in [2.24, 2.45) is 0 Å². The Bertz CT molecular complexity index is 641. The molecule has 0 aliphatic carbocycles. The van der Waals surface area contributed by atoms with Gasteiger partial charge in [-0.05, 0) is 13.0 Å². The third-order valence-corrected chi connectivity index (χ3v) is 3.35. The first-order valence-corrected chi connectivity index (χ1v) is 6.54. The summed E-state index contributed by atoms with van der Waals surface area (Å²) in [7, 11) is 1.38. The normalized spacial score (nSPS) is 13.7. The molecule has 0 radical (unpaired) electrons. The Labute approximate surface area is 117 Å². The summed E-state index contributed by atoms with van der Waals surface area (Å²) >= 11 is 0. The average molecular weight is 269 g/mol. The minimum Gasteiger partial charge on any atom is -0.464 e. The highest BCUT2D eigenvalue weighted by atomic mass is 16.5. The maximum Gasteiger partial charge on any atom is 0.357 e. The number of carbonyl (C=O) groups excluding carboxylic acids is 1. The van der Waals surface area contributed by atoms with Gasteiger partial charge in [-0.15, -0.1) is 0 Å². The summed E-state index contributed by atoms with van der Waals surface area (Å²) in [6.45, 7) is 1.48. The van der Waals surface area contributed by atoms with E-state index in [0.29, 0.717) is 18.1 Å². The van der Waals surface area contributed by atoms with E-state index in [-0.39, 0.29) is 0 Å². The van der Waals surface area contributed by atoms with Crippen molar-refractivity contribution in [3.05, 3.63) is 47.3 Å². The van der Waals surface area contributed by atoms with Crippen LogP contribution in [0.5, 0.6) is 0 Å². The molecule has 1 aliphatic rings. The van der Waals surface area contributed by atoms with Crippen LogP contribution in [-0.4, -0.2) is 29.6 Å². The summed E-state index contributed by atoms with van der Waals surface area (Å²) in [5.41, 5.74) is 3.06. The molecule has 5 nitrogen and oxygen atoms in total. The van der Waals surface area contributed by atoms with Gasteiger partial charge in [0.2, 0.25) is 0 Å². The van der Waals surface area contributed by atoms with E-state index in [4.69, 9.17) is 4.74 Å². The maximum absolute atomic E-state index is 11.9. The van der Waals surface area contributed by atoms with Crippen molar-refractivity contribution in [1.29, 1.82) is 0 Å². The van der Waals surface area contributed by atoms with Gasteiger partial charge in [-0.2, -0.15) is 0 Å². The number of nitrogens with zero attached hydrogens (tertiary/aromatic N) is 2. The molecule has 1 aromatic heterocycles. The van der Waals surface area contributed by atoms with Gasteiger partial charge in [0.15, 0.2) is 11.5 Å². The molecule has 0 unspecified atom stereocenters. The van der Waals surface area contributed by atoms with Gasteiger partial charge in [-0.3, -0.25) is 0 Å². The predicted octanol–water partition coefficient (Wildman–Crippen LogP) is 1.58. The Morgan fingerprint density at radius 2 is 2.05 bits per heavy atom. The molecule has 0 fully saturated rings. The lowest BCUT2D eigenvalue weighted by molar-refractivity contribution is 0.0592. The van der Waals surface area contributed by atoms with Crippen LogP contribution in [0.2, 0.25) is 0 Å². The summed E-state index contributed by atoms with van der Waals surface area (Å²) in [6.07, 6.45) is 0.745. The zero-order valence-electron chi connectivity index (χ0n) is 11.2. The summed E-state index contributed by atoms with van der Waals surface area (Å²) in [5, 5.41) is 3.26. The van der Waals surface area contributed by atoms with Crippen molar-refractivity contribution in [2.45, 2.75) is 13.0 Å². The fourth-order valence-electron chi connectivity index (χ4n) is 2.34. The van der Waals surface area contributed by atoms with Crippen LogP contribution in [0.15, 0.2) is 30.3 Å². The van der Waals surface area contributed by atoms with E-state index in [1.165, 1.54) is 7.11 Å². The topological polar surface area (TPSA) is 64.1 Å².